The monoisotopic (exact) mass is 377 g/mol. The summed E-state index contributed by atoms with van der Waals surface area (Å²) in [5, 5.41) is 10.4. The predicted molar refractivity (Wildman–Crippen MR) is 107 cm³/mol. The molecule has 0 unspecified atom stereocenters. The number of carbonyl (C=O) groups is 1. The zero-order chi connectivity index (χ0) is 19.4. The molecule has 2 heterocycles. The van der Waals surface area contributed by atoms with E-state index in [2.05, 4.69) is 20.7 Å². The van der Waals surface area contributed by atoms with Gasteiger partial charge in [0.2, 0.25) is 0 Å². The predicted octanol–water partition coefficient (Wildman–Crippen LogP) is 3.87. The minimum Gasteiger partial charge on any atom is -0.497 e. The summed E-state index contributed by atoms with van der Waals surface area (Å²) in [6.07, 6.45) is 9.12. The summed E-state index contributed by atoms with van der Waals surface area (Å²) in [4.78, 5) is 17.2. The second kappa shape index (κ2) is 7.72. The van der Waals surface area contributed by atoms with Gasteiger partial charge in [-0.15, -0.1) is 0 Å². The molecule has 2 amide bonds. The van der Waals surface area contributed by atoms with Gasteiger partial charge in [0.15, 0.2) is 5.82 Å². The fourth-order valence-corrected chi connectivity index (χ4v) is 3.82. The summed E-state index contributed by atoms with van der Waals surface area (Å²) in [5.41, 5.74) is 1.33. The van der Waals surface area contributed by atoms with E-state index in [1.165, 1.54) is 0 Å². The normalized spacial score (nSPS) is 15.2. The van der Waals surface area contributed by atoms with E-state index in [-0.39, 0.29) is 11.6 Å². The topological polar surface area (TPSA) is 81.1 Å². The number of aromatic nitrogens is 3. The summed E-state index contributed by atoms with van der Waals surface area (Å²) >= 11 is 0. The van der Waals surface area contributed by atoms with Crippen LogP contribution in [0.5, 0.6) is 5.75 Å². The van der Waals surface area contributed by atoms with Gasteiger partial charge in [-0.1, -0.05) is 25.0 Å². The van der Waals surface area contributed by atoms with Gasteiger partial charge in [0.25, 0.3) is 0 Å². The molecular formula is C21H23N5O2. The van der Waals surface area contributed by atoms with Crippen molar-refractivity contribution in [1.29, 1.82) is 0 Å². The van der Waals surface area contributed by atoms with Crippen LogP contribution in [0, 0.1) is 0 Å². The lowest BCUT2D eigenvalue weighted by molar-refractivity contribution is 0.236. The number of benzene rings is 1. The third kappa shape index (κ3) is 3.55. The smallest absolute Gasteiger partial charge is 0.320 e. The molecule has 1 aliphatic rings. The molecule has 0 bridgehead atoms. The molecule has 0 saturated heterocycles. The maximum Gasteiger partial charge on any atom is 0.320 e. The molecule has 2 N–H and O–H groups in total. The second-order valence-corrected chi connectivity index (χ2v) is 6.92. The fraction of sp³-hybridized carbons (Fsp3) is 0.286. The minimum absolute atomic E-state index is 0.251. The van der Waals surface area contributed by atoms with E-state index in [1.54, 1.807) is 36.4 Å². The van der Waals surface area contributed by atoms with Gasteiger partial charge in [0, 0.05) is 18.6 Å². The van der Waals surface area contributed by atoms with E-state index in [0.29, 0.717) is 11.5 Å². The number of methoxy groups -OCH3 is 1. The highest BCUT2D eigenvalue weighted by Crippen LogP contribution is 2.39. The summed E-state index contributed by atoms with van der Waals surface area (Å²) in [5.74, 6) is 1.38. The summed E-state index contributed by atoms with van der Waals surface area (Å²) in [6.45, 7) is 0. The number of anilines is 1. The first-order valence-corrected chi connectivity index (χ1v) is 9.39. The zero-order valence-electron chi connectivity index (χ0n) is 15.8. The van der Waals surface area contributed by atoms with Crippen LogP contribution < -0.4 is 15.4 Å². The standard InChI is InChI=1S/C21H23N5O2/c1-28-17-9-7-16(8-10-17)21(11-2-3-12-21)25-20(27)24-18-6-4-13-22-19(18)26-15-5-14-23-26/h4-10,13-15H,2-3,11-12H2,1H3,(H2,24,25,27). The van der Waals surface area contributed by atoms with E-state index < -0.39 is 0 Å². The molecule has 28 heavy (non-hydrogen) atoms. The van der Waals surface area contributed by atoms with Crippen molar-refractivity contribution in [1.82, 2.24) is 20.1 Å². The van der Waals surface area contributed by atoms with E-state index in [9.17, 15) is 4.79 Å². The number of hydrogen-bond donors (Lipinski definition) is 2. The molecule has 0 aliphatic heterocycles. The zero-order valence-corrected chi connectivity index (χ0v) is 15.8. The minimum atomic E-state index is -0.371. The van der Waals surface area contributed by atoms with Crippen molar-refractivity contribution < 1.29 is 9.53 Å². The summed E-state index contributed by atoms with van der Waals surface area (Å²) < 4.78 is 6.89. The number of amides is 2. The van der Waals surface area contributed by atoms with Crippen LogP contribution in [0.3, 0.4) is 0 Å². The third-order valence-electron chi connectivity index (χ3n) is 5.21. The number of urea groups is 1. The van der Waals surface area contributed by atoms with Crippen molar-refractivity contribution in [2.75, 3.05) is 12.4 Å². The number of nitrogens with zero attached hydrogens (tertiary/aromatic N) is 3. The first-order valence-electron chi connectivity index (χ1n) is 9.39. The highest BCUT2D eigenvalue weighted by molar-refractivity contribution is 5.91. The van der Waals surface area contributed by atoms with Gasteiger partial charge in [0.05, 0.1) is 18.3 Å². The highest BCUT2D eigenvalue weighted by atomic mass is 16.5. The van der Waals surface area contributed by atoms with Gasteiger partial charge in [-0.3, -0.25) is 0 Å². The Hall–Kier alpha value is -3.35. The molecular weight excluding hydrogens is 354 g/mol. The maximum atomic E-state index is 12.9. The molecule has 2 aromatic heterocycles. The number of nitrogens with one attached hydrogen (secondary N) is 2. The van der Waals surface area contributed by atoms with Crippen molar-refractivity contribution in [3.05, 3.63) is 66.6 Å². The van der Waals surface area contributed by atoms with Crippen LogP contribution in [0.2, 0.25) is 0 Å². The molecule has 144 valence electrons. The van der Waals surface area contributed by atoms with Crippen molar-refractivity contribution in [3.63, 3.8) is 0 Å². The summed E-state index contributed by atoms with van der Waals surface area (Å²) in [6, 6.07) is 13.1. The molecule has 1 aliphatic carbocycles. The lowest BCUT2D eigenvalue weighted by Crippen LogP contribution is -2.46. The van der Waals surface area contributed by atoms with Crippen LogP contribution in [-0.2, 0) is 5.54 Å². The highest BCUT2D eigenvalue weighted by Gasteiger charge is 2.37. The van der Waals surface area contributed by atoms with E-state index in [1.807, 2.05) is 36.4 Å². The van der Waals surface area contributed by atoms with Gasteiger partial charge in [-0.25, -0.2) is 14.5 Å². The number of rotatable bonds is 5. The van der Waals surface area contributed by atoms with Gasteiger partial charge in [0.1, 0.15) is 5.75 Å². The van der Waals surface area contributed by atoms with Crippen molar-refractivity contribution >= 4 is 11.7 Å². The number of hydrogen-bond acceptors (Lipinski definition) is 4. The van der Waals surface area contributed by atoms with Gasteiger partial charge < -0.3 is 15.4 Å². The van der Waals surface area contributed by atoms with Crippen LogP contribution in [0.1, 0.15) is 31.2 Å². The summed E-state index contributed by atoms with van der Waals surface area (Å²) in [7, 11) is 1.65. The van der Waals surface area contributed by atoms with E-state index in [0.717, 1.165) is 37.0 Å². The van der Waals surface area contributed by atoms with Crippen LogP contribution >= 0.6 is 0 Å². The Morgan fingerprint density at radius 1 is 1.11 bits per heavy atom. The molecule has 4 rings (SSSR count). The number of carbonyl (C=O) groups excluding carboxylic acids is 1. The van der Waals surface area contributed by atoms with Gasteiger partial charge in [-0.05, 0) is 48.7 Å². The van der Waals surface area contributed by atoms with Crippen LogP contribution in [0.15, 0.2) is 61.1 Å². The number of pyridine rings is 1. The molecule has 0 radical (unpaired) electrons. The molecule has 1 aromatic carbocycles. The molecule has 0 atom stereocenters. The Morgan fingerprint density at radius 2 is 1.89 bits per heavy atom. The first-order chi connectivity index (χ1) is 13.7. The van der Waals surface area contributed by atoms with Crippen LogP contribution in [0.4, 0.5) is 10.5 Å². The Bertz CT molecular complexity index is 932. The van der Waals surface area contributed by atoms with Crippen LogP contribution in [0.25, 0.3) is 5.82 Å². The van der Waals surface area contributed by atoms with E-state index >= 15 is 0 Å². The molecule has 1 saturated carbocycles. The molecule has 7 heteroatoms. The molecule has 1 fully saturated rings. The Morgan fingerprint density at radius 3 is 2.57 bits per heavy atom. The first kappa shape index (κ1) is 18.0. The third-order valence-corrected chi connectivity index (χ3v) is 5.21. The SMILES string of the molecule is COc1ccc(C2(NC(=O)Nc3cccnc3-n3cccn3)CCCC2)cc1. The molecule has 7 nitrogen and oxygen atoms in total. The van der Waals surface area contributed by atoms with Crippen molar-refractivity contribution in [2.24, 2.45) is 0 Å². The average molecular weight is 377 g/mol. The van der Waals surface area contributed by atoms with Gasteiger partial charge >= 0.3 is 6.03 Å². The van der Waals surface area contributed by atoms with Crippen molar-refractivity contribution in [3.8, 4) is 11.6 Å². The van der Waals surface area contributed by atoms with Gasteiger partial charge in [-0.2, -0.15) is 5.10 Å². The second-order valence-electron chi connectivity index (χ2n) is 6.92. The Balaban J connectivity index is 1.55. The largest absolute Gasteiger partial charge is 0.497 e. The fourth-order valence-electron chi connectivity index (χ4n) is 3.82. The molecule has 3 aromatic rings. The van der Waals surface area contributed by atoms with Crippen molar-refractivity contribution in [2.45, 2.75) is 31.2 Å². The van der Waals surface area contributed by atoms with E-state index in [4.69, 9.17) is 4.74 Å². The van der Waals surface area contributed by atoms with Crippen LogP contribution in [-0.4, -0.2) is 27.9 Å². The Kier molecular flexibility index (Phi) is 4.97. The average Bonchev–Trinajstić information content (AvgIpc) is 3.41. The maximum absolute atomic E-state index is 12.9. The number of ether oxygens (including phenoxy) is 1. The Labute approximate surface area is 163 Å². The molecule has 0 spiro atoms. The lowest BCUT2D eigenvalue weighted by Gasteiger charge is -2.31. The quantitative estimate of drug-likeness (QED) is 0.707. The lowest BCUT2D eigenvalue weighted by atomic mass is 9.88.